The Kier molecular flexibility index (Phi) is 5.10. The Morgan fingerprint density at radius 3 is 1.77 bits per heavy atom. The van der Waals surface area contributed by atoms with Gasteiger partial charge in [-0.05, 0) is 54.4 Å². The number of rotatable bonds is 2. The molecule has 2 unspecified atom stereocenters. The Bertz CT molecular complexity index is 460. The van der Waals surface area contributed by atoms with Crippen LogP contribution in [0.5, 0.6) is 0 Å². The van der Waals surface area contributed by atoms with E-state index in [0.717, 1.165) is 4.90 Å². The van der Waals surface area contributed by atoms with Gasteiger partial charge >= 0.3 is 18.0 Å². The van der Waals surface area contributed by atoms with Crippen LogP contribution in [0.25, 0.3) is 0 Å². The van der Waals surface area contributed by atoms with E-state index >= 15 is 0 Å². The summed E-state index contributed by atoms with van der Waals surface area (Å²) >= 11 is 0. The van der Waals surface area contributed by atoms with Crippen molar-refractivity contribution in [3.05, 3.63) is 0 Å². The predicted molar refractivity (Wildman–Crippen MR) is 78.4 cm³/mol. The average molecular weight is 315 g/mol. The van der Waals surface area contributed by atoms with Crippen molar-refractivity contribution >= 4 is 18.0 Å². The number of amides is 1. The maximum Gasteiger partial charge on any atom is 0.411 e. The number of ether oxygens (including phenoxy) is 2. The van der Waals surface area contributed by atoms with E-state index in [9.17, 15) is 19.5 Å². The molecule has 2 atom stereocenters. The van der Waals surface area contributed by atoms with Crippen LogP contribution in [-0.4, -0.2) is 51.3 Å². The summed E-state index contributed by atoms with van der Waals surface area (Å²) in [5.74, 6) is -1.76. The zero-order valence-corrected chi connectivity index (χ0v) is 14.0. The van der Waals surface area contributed by atoms with E-state index in [4.69, 9.17) is 9.47 Å². The third-order valence-electron chi connectivity index (χ3n) is 2.95. The van der Waals surface area contributed by atoms with Crippen LogP contribution in [0.4, 0.5) is 4.79 Å². The van der Waals surface area contributed by atoms with Crippen molar-refractivity contribution in [2.45, 2.75) is 77.7 Å². The predicted octanol–water partition coefficient (Wildman–Crippen LogP) is 2.18. The van der Waals surface area contributed by atoms with Crippen molar-refractivity contribution in [1.82, 2.24) is 4.90 Å². The lowest BCUT2D eigenvalue weighted by Gasteiger charge is -2.31. The molecule has 1 rings (SSSR count). The van der Waals surface area contributed by atoms with Crippen molar-refractivity contribution in [2.75, 3.05) is 0 Å². The molecule has 22 heavy (non-hydrogen) atoms. The lowest BCUT2D eigenvalue weighted by Crippen LogP contribution is -2.50. The number of hydrogen-bond donors (Lipinski definition) is 1. The average Bonchev–Trinajstić information content (AvgIpc) is 2.68. The summed E-state index contributed by atoms with van der Waals surface area (Å²) in [7, 11) is 0. The smallest absolute Gasteiger partial charge is 0.411 e. The lowest BCUT2D eigenvalue weighted by atomic mass is 10.1. The molecule has 1 aliphatic heterocycles. The zero-order valence-electron chi connectivity index (χ0n) is 14.0. The van der Waals surface area contributed by atoms with Gasteiger partial charge < -0.3 is 14.6 Å². The molecule has 1 amide bonds. The molecule has 1 aliphatic rings. The maximum atomic E-state index is 12.3. The second-order valence-electron chi connectivity index (χ2n) is 7.37. The van der Waals surface area contributed by atoms with Gasteiger partial charge in [0.15, 0.2) is 0 Å². The summed E-state index contributed by atoms with van der Waals surface area (Å²) < 4.78 is 10.5. The van der Waals surface area contributed by atoms with Crippen LogP contribution in [0.15, 0.2) is 0 Å². The summed E-state index contributed by atoms with van der Waals surface area (Å²) in [6, 6.07) is -2.01. The SMILES string of the molecule is CC(C)(C)OC(=O)C1CCC(C(=O)O)N1C(=O)OC(C)(C)C. The molecule has 0 saturated carbocycles. The van der Waals surface area contributed by atoms with Gasteiger partial charge in [-0.1, -0.05) is 0 Å². The summed E-state index contributed by atoms with van der Waals surface area (Å²) in [5.41, 5.74) is -1.49. The van der Waals surface area contributed by atoms with Gasteiger partial charge in [-0.2, -0.15) is 0 Å². The van der Waals surface area contributed by atoms with Crippen LogP contribution >= 0.6 is 0 Å². The molecule has 0 aromatic heterocycles. The molecule has 1 heterocycles. The number of carbonyl (C=O) groups excluding carboxylic acids is 2. The molecule has 0 aliphatic carbocycles. The van der Waals surface area contributed by atoms with Crippen LogP contribution in [0.1, 0.15) is 54.4 Å². The van der Waals surface area contributed by atoms with Crippen molar-refractivity contribution < 1.29 is 29.0 Å². The van der Waals surface area contributed by atoms with E-state index in [-0.39, 0.29) is 12.8 Å². The van der Waals surface area contributed by atoms with E-state index in [2.05, 4.69) is 0 Å². The summed E-state index contributed by atoms with van der Waals surface area (Å²) in [5, 5.41) is 9.26. The van der Waals surface area contributed by atoms with E-state index in [1.54, 1.807) is 41.5 Å². The van der Waals surface area contributed by atoms with Crippen LogP contribution in [-0.2, 0) is 19.1 Å². The fourth-order valence-corrected chi connectivity index (χ4v) is 2.22. The molecular weight excluding hydrogens is 290 g/mol. The molecule has 0 spiro atoms. The number of esters is 1. The molecule has 0 radical (unpaired) electrons. The van der Waals surface area contributed by atoms with Crippen molar-refractivity contribution in [1.29, 1.82) is 0 Å². The standard InChI is InChI=1S/C15H25NO6/c1-14(2,3)21-12(19)10-8-7-9(11(17)18)16(10)13(20)22-15(4,5)6/h9-10H,7-8H2,1-6H3,(H,17,18). The minimum absolute atomic E-state index is 0.193. The van der Waals surface area contributed by atoms with Crippen LogP contribution < -0.4 is 0 Å². The van der Waals surface area contributed by atoms with Crippen molar-refractivity contribution in [3.8, 4) is 0 Å². The summed E-state index contributed by atoms with van der Waals surface area (Å²) in [6.45, 7) is 10.2. The first-order valence-corrected chi connectivity index (χ1v) is 7.29. The first-order valence-electron chi connectivity index (χ1n) is 7.29. The number of carboxylic acid groups (broad SMARTS) is 1. The second kappa shape index (κ2) is 6.14. The first kappa shape index (κ1) is 18.3. The lowest BCUT2D eigenvalue weighted by molar-refractivity contribution is -0.161. The van der Waals surface area contributed by atoms with Gasteiger partial charge in [0.25, 0.3) is 0 Å². The van der Waals surface area contributed by atoms with E-state index in [1.165, 1.54) is 0 Å². The molecule has 1 N–H and O–H groups in total. The monoisotopic (exact) mass is 315 g/mol. The highest BCUT2D eigenvalue weighted by atomic mass is 16.6. The first-order chi connectivity index (χ1) is 9.82. The molecule has 7 heteroatoms. The van der Waals surface area contributed by atoms with Gasteiger partial charge in [-0.15, -0.1) is 0 Å². The molecule has 1 saturated heterocycles. The Morgan fingerprint density at radius 1 is 0.909 bits per heavy atom. The fraction of sp³-hybridized carbons (Fsp3) is 0.800. The number of carbonyl (C=O) groups is 3. The largest absolute Gasteiger partial charge is 0.480 e. The maximum absolute atomic E-state index is 12.3. The van der Waals surface area contributed by atoms with Gasteiger partial charge in [0.1, 0.15) is 23.3 Å². The van der Waals surface area contributed by atoms with E-state index in [0.29, 0.717) is 0 Å². The van der Waals surface area contributed by atoms with Crippen LogP contribution in [0.2, 0.25) is 0 Å². The van der Waals surface area contributed by atoms with Gasteiger partial charge in [-0.3, -0.25) is 4.90 Å². The quantitative estimate of drug-likeness (QED) is 0.785. The Balaban J connectivity index is 2.99. The van der Waals surface area contributed by atoms with Gasteiger partial charge in [0.2, 0.25) is 0 Å². The van der Waals surface area contributed by atoms with Gasteiger partial charge in [0.05, 0.1) is 0 Å². The number of carboxylic acids is 1. The number of hydrogen-bond acceptors (Lipinski definition) is 5. The van der Waals surface area contributed by atoms with Crippen molar-refractivity contribution in [2.24, 2.45) is 0 Å². The van der Waals surface area contributed by atoms with Gasteiger partial charge in [-0.25, -0.2) is 14.4 Å². The molecule has 0 aromatic rings. The number of likely N-dealkylation sites (tertiary alicyclic amines) is 1. The second-order valence-corrected chi connectivity index (χ2v) is 7.37. The Morgan fingerprint density at radius 2 is 1.36 bits per heavy atom. The molecule has 0 bridgehead atoms. The van der Waals surface area contributed by atoms with E-state index < -0.39 is 41.3 Å². The van der Waals surface area contributed by atoms with Crippen molar-refractivity contribution in [3.63, 3.8) is 0 Å². The highest BCUT2D eigenvalue weighted by Crippen LogP contribution is 2.28. The summed E-state index contributed by atoms with van der Waals surface area (Å²) in [6.07, 6.45) is -0.378. The molecule has 1 fully saturated rings. The molecule has 126 valence electrons. The normalized spacial score (nSPS) is 22.4. The minimum atomic E-state index is -1.16. The fourth-order valence-electron chi connectivity index (χ4n) is 2.22. The van der Waals surface area contributed by atoms with Crippen LogP contribution in [0, 0.1) is 0 Å². The zero-order chi connectivity index (χ0) is 17.3. The van der Waals surface area contributed by atoms with Gasteiger partial charge in [0, 0.05) is 0 Å². The third-order valence-corrected chi connectivity index (χ3v) is 2.95. The van der Waals surface area contributed by atoms with Crippen LogP contribution in [0.3, 0.4) is 0 Å². The van der Waals surface area contributed by atoms with E-state index in [1.807, 2.05) is 0 Å². The minimum Gasteiger partial charge on any atom is -0.480 e. The number of nitrogens with zero attached hydrogens (tertiary/aromatic N) is 1. The number of aliphatic carboxylic acids is 1. The summed E-state index contributed by atoms with van der Waals surface area (Å²) in [4.78, 5) is 36.9. The molecule has 0 aromatic carbocycles. The molecule has 7 nitrogen and oxygen atoms in total. The topological polar surface area (TPSA) is 93.1 Å². The highest BCUT2D eigenvalue weighted by molar-refractivity contribution is 5.87. The third kappa shape index (κ3) is 4.89. The Hall–Kier alpha value is -1.79. The highest BCUT2D eigenvalue weighted by Gasteiger charge is 2.47. The Labute approximate surface area is 130 Å². The molecular formula is C15H25NO6.